The Morgan fingerprint density at radius 1 is 1.11 bits per heavy atom. The second-order valence-corrected chi connectivity index (χ2v) is 6.07. The van der Waals surface area contributed by atoms with Crippen molar-refractivity contribution in [3.05, 3.63) is 54.1 Å². The van der Waals surface area contributed by atoms with Gasteiger partial charge >= 0.3 is 0 Å². The molecule has 1 atom stereocenters. The second kappa shape index (κ2) is 11.5. The average molecular weight is 484 g/mol. The Bertz CT molecular complexity index is 725. The minimum absolute atomic E-state index is 0. The van der Waals surface area contributed by atoms with Crippen molar-refractivity contribution in [2.45, 2.75) is 19.5 Å². The fourth-order valence-corrected chi connectivity index (χ4v) is 2.52. The molecule has 2 rings (SSSR count). The van der Waals surface area contributed by atoms with Crippen LogP contribution in [0.15, 0.2) is 53.5 Å². The van der Waals surface area contributed by atoms with Crippen LogP contribution in [0.1, 0.15) is 12.5 Å². The Morgan fingerprint density at radius 3 is 2.41 bits per heavy atom. The maximum absolute atomic E-state index is 6.00. The fraction of sp³-hybridized carbons (Fsp3) is 0.350. The zero-order valence-electron chi connectivity index (χ0n) is 16.3. The van der Waals surface area contributed by atoms with Crippen molar-refractivity contribution < 1.29 is 9.47 Å². The molecule has 0 bridgehead atoms. The van der Waals surface area contributed by atoms with Gasteiger partial charge in [0.1, 0.15) is 0 Å². The highest BCUT2D eigenvalue weighted by atomic mass is 127. The van der Waals surface area contributed by atoms with E-state index in [1.54, 1.807) is 14.2 Å². The topological polar surface area (TPSA) is 72.1 Å². The zero-order valence-corrected chi connectivity index (χ0v) is 18.6. The normalized spacial score (nSPS) is 11.9. The van der Waals surface area contributed by atoms with Crippen molar-refractivity contribution in [1.82, 2.24) is 5.32 Å². The number of methoxy groups -OCH3 is 2. The van der Waals surface area contributed by atoms with Crippen LogP contribution < -0.4 is 25.4 Å². The monoisotopic (exact) mass is 484 g/mol. The number of nitrogens with zero attached hydrogens (tertiary/aromatic N) is 2. The molecule has 0 aliphatic carbocycles. The van der Waals surface area contributed by atoms with E-state index < -0.39 is 0 Å². The largest absolute Gasteiger partial charge is 0.493 e. The summed E-state index contributed by atoms with van der Waals surface area (Å²) in [6, 6.07) is 16.2. The van der Waals surface area contributed by atoms with Crippen LogP contribution in [0.4, 0.5) is 5.69 Å². The van der Waals surface area contributed by atoms with Crippen LogP contribution in [0.2, 0.25) is 0 Å². The van der Waals surface area contributed by atoms with E-state index in [1.807, 2.05) is 36.4 Å². The number of hydrogen-bond donors (Lipinski definition) is 2. The van der Waals surface area contributed by atoms with Gasteiger partial charge in [-0.15, -0.1) is 24.0 Å². The van der Waals surface area contributed by atoms with E-state index in [2.05, 4.69) is 41.3 Å². The standard InChI is InChI=1S/C20H28N4O2.HI/c1-15(24(2)17-8-6-5-7-9-17)13-22-20(21)23-14-16-10-11-18(25-3)19(12-16)26-4;/h5-12,15H,13-14H2,1-4H3,(H3,21,22,23);1H. The van der Waals surface area contributed by atoms with Gasteiger partial charge in [0.2, 0.25) is 0 Å². The van der Waals surface area contributed by atoms with E-state index >= 15 is 0 Å². The van der Waals surface area contributed by atoms with Gasteiger partial charge in [0, 0.05) is 25.3 Å². The smallest absolute Gasteiger partial charge is 0.188 e. The predicted octanol–water partition coefficient (Wildman–Crippen LogP) is 3.25. The minimum atomic E-state index is 0. The number of likely N-dealkylation sites (N-methyl/N-ethyl adjacent to an activating group) is 1. The number of nitrogens with two attached hydrogens (primary N) is 1. The highest BCUT2D eigenvalue weighted by Gasteiger charge is 2.10. The maximum atomic E-state index is 6.00. The lowest BCUT2D eigenvalue weighted by Gasteiger charge is -2.27. The van der Waals surface area contributed by atoms with Crippen molar-refractivity contribution in [3.63, 3.8) is 0 Å². The first-order chi connectivity index (χ1) is 12.5. The maximum Gasteiger partial charge on any atom is 0.188 e. The molecule has 148 valence electrons. The summed E-state index contributed by atoms with van der Waals surface area (Å²) in [6.07, 6.45) is 0. The van der Waals surface area contributed by atoms with E-state index in [0.717, 1.165) is 5.56 Å². The average Bonchev–Trinajstić information content (AvgIpc) is 2.70. The number of aliphatic imine (C=N–C) groups is 1. The molecule has 0 fully saturated rings. The summed E-state index contributed by atoms with van der Waals surface area (Å²) in [7, 11) is 5.30. The number of rotatable bonds is 8. The molecule has 2 aromatic rings. The number of para-hydroxylation sites is 1. The van der Waals surface area contributed by atoms with Gasteiger partial charge in [0.25, 0.3) is 0 Å². The molecule has 0 aliphatic rings. The summed E-state index contributed by atoms with van der Waals surface area (Å²) in [5, 5.41) is 3.18. The molecule has 0 spiro atoms. The molecule has 0 aliphatic heterocycles. The van der Waals surface area contributed by atoms with E-state index in [-0.39, 0.29) is 30.0 Å². The van der Waals surface area contributed by atoms with Crippen molar-refractivity contribution in [1.29, 1.82) is 0 Å². The summed E-state index contributed by atoms with van der Waals surface area (Å²) in [6.45, 7) is 3.32. The van der Waals surface area contributed by atoms with E-state index in [4.69, 9.17) is 15.2 Å². The van der Waals surface area contributed by atoms with Crippen molar-refractivity contribution in [3.8, 4) is 11.5 Å². The van der Waals surface area contributed by atoms with Crippen LogP contribution in [0.5, 0.6) is 11.5 Å². The van der Waals surface area contributed by atoms with Crippen LogP contribution >= 0.6 is 24.0 Å². The molecule has 1 unspecified atom stereocenters. The summed E-state index contributed by atoms with van der Waals surface area (Å²) >= 11 is 0. The Morgan fingerprint density at radius 2 is 1.78 bits per heavy atom. The van der Waals surface area contributed by atoms with Crippen molar-refractivity contribution in [2.24, 2.45) is 10.7 Å². The number of anilines is 1. The summed E-state index contributed by atoms with van der Waals surface area (Å²) < 4.78 is 10.5. The first-order valence-electron chi connectivity index (χ1n) is 8.57. The molecule has 0 heterocycles. The highest BCUT2D eigenvalue weighted by Crippen LogP contribution is 2.27. The van der Waals surface area contributed by atoms with Gasteiger partial charge in [-0.2, -0.15) is 0 Å². The lowest BCUT2D eigenvalue weighted by atomic mass is 10.2. The quantitative estimate of drug-likeness (QED) is 0.342. The summed E-state index contributed by atoms with van der Waals surface area (Å²) in [4.78, 5) is 6.60. The molecule has 0 saturated heterocycles. The molecule has 6 nitrogen and oxygen atoms in total. The first kappa shape index (κ1) is 22.9. The number of guanidine groups is 1. The predicted molar refractivity (Wildman–Crippen MR) is 123 cm³/mol. The van der Waals surface area contributed by atoms with Crippen LogP contribution in [-0.4, -0.2) is 39.8 Å². The summed E-state index contributed by atoms with van der Waals surface area (Å²) in [5.41, 5.74) is 8.17. The molecule has 0 amide bonds. The lowest BCUT2D eigenvalue weighted by molar-refractivity contribution is 0.354. The van der Waals surface area contributed by atoms with Gasteiger partial charge in [-0.3, -0.25) is 0 Å². The molecular weight excluding hydrogens is 455 g/mol. The molecule has 7 heteroatoms. The lowest BCUT2D eigenvalue weighted by Crippen LogP contribution is -2.43. The second-order valence-electron chi connectivity index (χ2n) is 6.07. The molecule has 0 saturated carbocycles. The Balaban J connectivity index is 0.00000364. The molecule has 27 heavy (non-hydrogen) atoms. The molecule has 3 N–H and O–H groups in total. The van der Waals surface area contributed by atoms with Gasteiger partial charge in [0.05, 0.1) is 20.8 Å². The third kappa shape index (κ3) is 6.82. The number of benzene rings is 2. The van der Waals surface area contributed by atoms with E-state index in [1.165, 1.54) is 5.69 Å². The number of halogens is 1. The van der Waals surface area contributed by atoms with Gasteiger partial charge in [-0.1, -0.05) is 24.3 Å². The first-order valence-corrected chi connectivity index (χ1v) is 8.57. The summed E-state index contributed by atoms with van der Waals surface area (Å²) in [5.74, 6) is 1.81. The van der Waals surface area contributed by atoms with Crippen LogP contribution in [0.3, 0.4) is 0 Å². The van der Waals surface area contributed by atoms with Gasteiger partial charge in [-0.25, -0.2) is 4.99 Å². The molecule has 2 aromatic carbocycles. The number of ether oxygens (including phenoxy) is 2. The van der Waals surface area contributed by atoms with Gasteiger partial charge < -0.3 is 25.4 Å². The van der Waals surface area contributed by atoms with Crippen molar-refractivity contribution >= 4 is 35.6 Å². The zero-order chi connectivity index (χ0) is 18.9. The number of nitrogens with one attached hydrogen (secondary N) is 1. The van der Waals surface area contributed by atoms with Crippen LogP contribution in [0.25, 0.3) is 0 Å². The number of hydrogen-bond acceptors (Lipinski definition) is 4. The van der Waals surface area contributed by atoms with Gasteiger partial charge in [-0.05, 0) is 36.8 Å². The van der Waals surface area contributed by atoms with E-state index in [9.17, 15) is 0 Å². The van der Waals surface area contributed by atoms with Crippen molar-refractivity contribution in [2.75, 3.05) is 32.7 Å². The highest BCUT2D eigenvalue weighted by molar-refractivity contribution is 14.0. The molecule has 0 aromatic heterocycles. The van der Waals surface area contributed by atoms with Gasteiger partial charge in [0.15, 0.2) is 17.5 Å². The minimum Gasteiger partial charge on any atom is -0.493 e. The third-order valence-corrected chi connectivity index (χ3v) is 4.28. The van der Waals surface area contributed by atoms with E-state index in [0.29, 0.717) is 30.5 Å². The SMILES string of the molecule is COc1ccc(CN=C(N)NCC(C)N(C)c2ccccc2)cc1OC.I. The fourth-order valence-electron chi connectivity index (χ4n) is 2.52. The Labute approximate surface area is 178 Å². The molecule has 0 radical (unpaired) electrons. The Hall–Kier alpha value is -2.16. The third-order valence-electron chi connectivity index (χ3n) is 4.28. The Kier molecular flexibility index (Phi) is 9.77. The molecular formula is C20H29IN4O2. The van der Waals surface area contributed by atoms with Crippen LogP contribution in [0, 0.1) is 0 Å². The van der Waals surface area contributed by atoms with Crippen LogP contribution in [-0.2, 0) is 6.54 Å².